The van der Waals surface area contributed by atoms with E-state index in [-0.39, 0.29) is 11.8 Å². The number of anilines is 2. The predicted octanol–water partition coefficient (Wildman–Crippen LogP) is 4.88. The van der Waals surface area contributed by atoms with Gasteiger partial charge in [-0.3, -0.25) is 9.59 Å². The molecule has 2 N–H and O–H groups in total. The molecule has 0 aliphatic rings. The normalized spacial score (nSPS) is 10.6. The summed E-state index contributed by atoms with van der Waals surface area (Å²) in [6.45, 7) is 2.96. The number of para-hydroxylation sites is 2. The zero-order valence-electron chi connectivity index (χ0n) is 16.6. The highest BCUT2D eigenvalue weighted by Crippen LogP contribution is 2.32. The second kappa shape index (κ2) is 8.13. The highest BCUT2D eigenvalue weighted by molar-refractivity contribution is 5.91. The summed E-state index contributed by atoms with van der Waals surface area (Å²) < 4.78 is 0. The van der Waals surface area contributed by atoms with Crippen LogP contribution in [0.25, 0.3) is 33.5 Å². The van der Waals surface area contributed by atoms with E-state index in [9.17, 15) is 9.59 Å². The zero-order chi connectivity index (χ0) is 21.1. The summed E-state index contributed by atoms with van der Waals surface area (Å²) in [6.07, 6.45) is 0. The molecule has 0 spiro atoms. The number of hydrogen-bond acceptors (Lipinski definition) is 4. The van der Waals surface area contributed by atoms with Crippen LogP contribution in [0.1, 0.15) is 13.8 Å². The number of amides is 2. The highest BCUT2D eigenvalue weighted by Gasteiger charge is 2.13. The zero-order valence-corrected chi connectivity index (χ0v) is 16.6. The molecule has 0 saturated heterocycles. The standard InChI is InChI=1S/C24H20N4O2/c1-15(29)25-19-11-7-17(8-12-19)23-24(28-22-6-4-3-5-21(22)27-23)18-9-13-20(14-10-18)26-16(2)30/h3-14H,1-2H3,(H,25,29)(H,26,30). The van der Waals surface area contributed by atoms with Crippen molar-refractivity contribution < 1.29 is 9.59 Å². The smallest absolute Gasteiger partial charge is 0.221 e. The molecule has 0 unspecified atom stereocenters. The van der Waals surface area contributed by atoms with Crippen molar-refractivity contribution in [1.82, 2.24) is 9.97 Å². The maximum absolute atomic E-state index is 11.3. The monoisotopic (exact) mass is 396 g/mol. The summed E-state index contributed by atoms with van der Waals surface area (Å²) in [4.78, 5) is 32.3. The molecule has 30 heavy (non-hydrogen) atoms. The van der Waals surface area contributed by atoms with E-state index in [0.29, 0.717) is 0 Å². The number of carbonyl (C=O) groups excluding carboxylic acids is 2. The van der Waals surface area contributed by atoms with Crippen LogP contribution in [-0.4, -0.2) is 21.8 Å². The second-order valence-electron chi connectivity index (χ2n) is 6.93. The SMILES string of the molecule is CC(=O)Nc1ccc(-c2nc3ccccc3nc2-c2ccc(NC(C)=O)cc2)cc1. The maximum Gasteiger partial charge on any atom is 0.221 e. The molecule has 148 valence electrons. The molecule has 1 heterocycles. The molecule has 3 aromatic carbocycles. The van der Waals surface area contributed by atoms with Crippen molar-refractivity contribution >= 4 is 34.2 Å². The minimum absolute atomic E-state index is 0.117. The van der Waals surface area contributed by atoms with Crippen LogP contribution in [0, 0.1) is 0 Å². The van der Waals surface area contributed by atoms with Crippen LogP contribution in [0.3, 0.4) is 0 Å². The topological polar surface area (TPSA) is 84.0 Å². The van der Waals surface area contributed by atoms with Crippen LogP contribution >= 0.6 is 0 Å². The fourth-order valence-corrected chi connectivity index (χ4v) is 3.23. The molecule has 0 aliphatic heterocycles. The molecular weight excluding hydrogens is 376 g/mol. The number of rotatable bonds is 4. The van der Waals surface area contributed by atoms with Gasteiger partial charge in [0.1, 0.15) is 0 Å². The van der Waals surface area contributed by atoms with Gasteiger partial charge in [0.25, 0.3) is 0 Å². The largest absolute Gasteiger partial charge is 0.326 e. The van der Waals surface area contributed by atoms with Crippen LogP contribution in [0.15, 0.2) is 72.8 Å². The first-order chi connectivity index (χ1) is 14.5. The van der Waals surface area contributed by atoms with E-state index in [1.165, 1.54) is 13.8 Å². The van der Waals surface area contributed by atoms with E-state index in [4.69, 9.17) is 9.97 Å². The third kappa shape index (κ3) is 4.17. The van der Waals surface area contributed by atoms with Crippen molar-refractivity contribution in [3.63, 3.8) is 0 Å². The Hall–Kier alpha value is -4.06. The van der Waals surface area contributed by atoms with Crippen LogP contribution in [-0.2, 0) is 9.59 Å². The van der Waals surface area contributed by atoms with E-state index in [2.05, 4.69) is 10.6 Å². The summed E-state index contributed by atoms with van der Waals surface area (Å²) in [5.74, 6) is -0.235. The average Bonchev–Trinajstić information content (AvgIpc) is 2.73. The molecule has 0 aliphatic carbocycles. The molecule has 0 atom stereocenters. The van der Waals surface area contributed by atoms with Crippen molar-refractivity contribution in [3.05, 3.63) is 72.8 Å². The van der Waals surface area contributed by atoms with E-state index < -0.39 is 0 Å². The molecule has 4 rings (SSSR count). The highest BCUT2D eigenvalue weighted by atomic mass is 16.2. The van der Waals surface area contributed by atoms with Crippen molar-refractivity contribution in [3.8, 4) is 22.5 Å². The Balaban J connectivity index is 1.82. The quantitative estimate of drug-likeness (QED) is 0.515. The molecule has 0 fully saturated rings. The summed E-state index contributed by atoms with van der Waals surface area (Å²) in [5.41, 5.74) is 6.33. The maximum atomic E-state index is 11.3. The number of nitrogens with one attached hydrogen (secondary N) is 2. The molecular formula is C24H20N4O2. The third-order valence-corrected chi connectivity index (χ3v) is 4.53. The summed E-state index contributed by atoms with van der Waals surface area (Å²) in [7, 11) is 0. The van der Waals surface area contributed by atoms with Gasteiger partial charge in [0.05, 0.1) is 22.4 Å². The Kier molecular flexibility index (Phi) is 5.22. The predicted molar refractivity (Wildman–Crippen MR) is 119 cm³/mol. The molecule has 6 heteroatoms. The molecule has 1 aromatic heterocycles. The van der Waals surface area contributed by atoms with Gasteiger partial charge in [0, 0.05) is 36.3 Å². The van der Waals surface area contributed by atoms with Gasteiger partial charge in [-0.1, -0.05) is 36.4 Å². The Morgan fingerprint density at radius 1 is 0.600 bits per heavy atom. The van der Waals surface area contributed by atoms with E-state index >= 15 is 0 Å². The lowest BCUT2D eigenvalue weighted by Crippen LogP contribution is -2.05. The minimum Gasteiger partial charge on any atom is -0.326 e. The van der Waals surface area contributed by atoms with Crippen LogP contribution in [0.2, 0.25) is 0 Å². The lowest BCUT2D eigenvalue weighted by Gasteiger charge is -2.12. The Bertz CT molecular complexity index is 1130. The van der Waals surface area contributed by atoms with Crippen LogP contribution in [0.5, 0.6) is 0 Å². The van der Waals surface area contributed by atoms with E-state index in [1.807, 2.05) is 72.8 Å². The number of fused-ring (bicyclic) bond motifs is 1. The lowest BCUT2D eigenvalue weighted by atomic mass is 10.0. The Morgan fingerprint density at radius 2 is 0.967 bits per heavy atom. The molecule has 0 bridgehead atoms. The molecule has 2 amide bonds. The Morgan fingerprint density at radius 3 is 1.30 bits per heavy atom. The first-order valence-electron chi connectivity index (χ1n) is 9.52. The minimum atomic E-state index is -0.117. The number of benzene rings is 3. The third-order valence-electron chi connectivity index (χ3n) is 4.53. The average molecular weight is 396 g/mol. The number of carbonyl (C=O) groups is 2. The van der Waals surface area contributed by atoms with Gasteiger partial charge in [-0.05, 0) is 36.4 Å². The molecule has 0 saturated carbocycles. The van der Waals surface area contributed by atoms with Crippen molar-refractivity contribution in [2.45, 2.75) is 13.8 Å². The number of nitrogens with zero attached hydrogens (tertiary/aromatic N) is 2. The van der Waals surface area contributed by atoms with Crippen molar-refractivity contribution in [2.75, 3.05) is 10.6 Å². The summed E-state index contributed by atoms with van der Waals surface area (Å²) in [5, 5.41) is 5.54. The lowest BCUT2D eigenvalue weighted by molar-refractivity contribution is -0.115. The van der Waals surface area contributed by atoms with Gasteiger partial charge >= 0.3 is 0 Å². The van der Waals surface area contributed by atoms with Gasteiger partial charge < -0.3 is 10.6 Å². The fraction of sp³-hybridized carbons (Fsp3) is 0.0833. The first kappa shape index (κ1) is 19.3. The number of aromatic nitrogens is 2. The summed E-state index contributed by atoms with van der Waals surface area (Å²) >= 11 is 0. The van der Waals surface area contributed by atoms with Crippen LogP contribution in [0.4, 0.5) is 11.4 Å². The Labute approximate surface area is 174 Å². The van der Waals surface area contributed by atoms with Gasteiger partial charge in [0.15, 0.2) is 0 Å². The van der Waals surface area contributed by atoms with Gasteiger partial charge in [-0.2, -0.15) is 0 Å². The molecule has 4 aromatic rings. The van der Waals surface area contributed by atoms with Crippen molar-refractivity contribution in [2.24, 2.45) is 0 Å². The second-order valence-corrected chi connectivity index (χ2v) is 6.93. The van der Waals surface area contributed by atoms with E-state index in [0.717, 1.165) is 44.9 Å². The fourth-order valence-electron chi connectivity index (χ4n) is 3.23. The summed E-state index contributed by atoms with van der Waals surface area (Å²) in [6, 6.07) is 22.8. The van der Waals surface area contributed by atoms with Crippen molar-refractivity contribution in [1.29, 1.82) is 0 Å². The first-order valence-corrected chi connectivity index (χ1v) is 9.52. The van der Waals surface area contributed by atoms with Crippen LogP contribution < -0.4 is 10.6 Å². The van der Waals surface area contributed by atoms with E-state index in [1.54, 1.807) is 0 Å². The van der Waals surface area contributed by atoms with Gasteiger partial charge in [0.2, 0.25) is 11.8 Å². The molecule has 0 radical (unpaired) electrons. The van der Waals surface area contributed by atoms with Gasteiger partial charge in [-0.25, -0.2) is 9.97 Å². The molecule has 6 nitrogen and oxygen atoms in total. The van der Waals surface area contributed by atoms with Gasteiger partial charge in [-0.15, -0.1) is 0 Å². The number of hydrogen-bond donors (Lipinski definition) is 2.